The smallest absolute Gasteiger partial charge is 0.141 e. The Hall–Kier alpha value is -4.65. The van der Waals surface area contributed by atoms with Crippen molar-refractivity contribution in [3.05, 3.63) is 116 Å². The Labute approximate surface area is 190 Å². The minimum absolute atomic E-state index is 0.289. The number of hydrogen-bond donors (Lipinski definition) is 3. The van der Waals surface area contributed by atoms with Crippen LogP contribution in [-0.2, 0) is 0 Å². The summed E-state index contributed by atoms with van der Waals surface area (Å²) in [6.45, 7) is 0. The second-order valence-electron chi connectivity index (χ2n) is 7.21. The summed E-state index contributed by atoms with van der Waals surface area (Å²) in [6.07, 6.45) is 10.2. The van der Waals surface area contributed by atoms with Crippen molar-refractivity contribution >= 4 is 33.2 Å². The van der Waals surface area contributed by atoms with Gasteiger partial charge >= 0.3 is 0 Å². The maximum atomic E-state index is 11.8. The number of nitrogens with zero attached hydrogens (tertiary/aromatic N) is 3. The van der Waals surface area contributed by atoms with E-state index in [-0.39, 0.29) is 5.82 Å². The third-order valence-electron chi connectivity index (χ3n) is 4.84. The average molecular weight is 439 g/mol. The van der Waals surface area contributed by atoms with Crippen molar-refractivity contribution in [2.45, 2.75) is 0 Å². The number of H-pyrrole nitrogens is 1. The summed E-state index contributed by atoms with van der Waals surface area (Å²) in [5, 5.41) is 2.31. The fraction of sp³-hybridized carbons (Fsp3) is 0. The summed E-state index contributed by atoms with van der Waals surface area (Å²) < 4.78 is 13.9. The molecule has 0 bridgehead atoms. The lowest BCUT2D eigenvalue weighted by Gasteiger charge is -2.04. The molecule has 6 aromatic rings. The zero-order valence-corrected chi connectivity index (χ0v) is 17.8. The van der Waals surface area contributed by atoms with Crippen LogP contribution in [0.4, 0.5) is 15.8 Å². The first-order valence-electron chi connectivity index (χ1n) is 10.3. The molecule has 0 atom stereocenters. The first-order valence-corrected chi connectivity index (χ1v) is 10.3. The van der Waals surface area contributed by atoms with Gasteiger partial charge in [0.2, 0.25) is 0 Å². The van der Waals surface area contributed by atoms with E-state index >= 15 is 0 Å². The Morgan fingerprint density at radius 1 is 0.758 bits per heavy atom. The van der Waals surface area contributed by atoms with E-state index in [2.05, 4.69) is 25.6 Å². The summed E-state index contributed by atoms with van der Waals surface area (Å²) >= 11 is 0. The van der Waals surface area contributed by atoms with Crippen molar-refractivity contribution in [2.75, 3.05) is 11.5 Å². The molecule has 7 heteroatoms. The van der Waals surface area contributed by atoms with Crippen LogP contribution in [0.15, 0.2) is 110 Å². The number of fused-ring (bicyclic) bond motifs is 2. The lowest BCUT2D eigenvalue weighted by Crippen LogP contribution is -1.92. The van der Waals surface area contributed by atoms with E-state index in [9.17, 15) is 4.39 Å². The molecule has 0 aliphatic heterocycles. The molecule has 0 aliphatic carbocycles. The van der Waals surface area contributed by atoms with Crippen LogP contribution in [0.3, 0.4) is 0 Å². The monoisotopic (exact) mass is 438 g/mol. The number of halogens is 1. The van der Waals surface area contributed by atoms with Gasteiger partial charge < -0.3 is 21.0 Å². The molecule has 0 aliphatic rings. The number of pyridine rings is 2. The molecule has 0 unspecified atom stereocenters. The van der Waals surface area contributed by atoms with Crippen molar-refractivity contribution in [1.82, 2.24) is 19.5 Å². The number of nitrogens with two attached hydrogens (primary N) is 2. The van der Waals surface area contributed by atoms with Crippen molar-refractivity contribution < 1.29 is 4.39 Å². The average Bonchev–Trinajstić information content (AvgIpc) is 3.47. The number of anilines is 2. The second kappa shape index (κ2) is 10.1. The SMILES string of the molecule is Fc1cccnc1.Nc1ccc2[nH]ccc2c1.Nc1ccc2c(ccn2-c2cccnc2)c1. The number of aromatic nitrogens is 4. The molecule has 164 valence electrons. The normalized spacial score (nSPS) is 10.2. The van der Waals surface area contributed by atoms with E-state index in [1.165, 1.54) is 23.8 Å². The third kappa shape index (κ3) is 5.54. The first-order chi connectivity index (χ1) is 16.1. The molecule has 33 heavy (non-hydrogen) atoms. The van der Waals surface area contributed by atoms with Gasteiger partial charge in [-0.1, -0.05) is 0 Å². The lowest BCUT2D eigenvalue weighted by molar-refractivity contribution is 0.621. The van der Waals surface area contributed by atoms with E-state index in [0.29, 0.717) is 0 Å². The quantitative estimate of drug-likeness (QED) is 0.292. The highest BCUT2D eigenvalue weighted by Crippen LogP contribution is 2.21. The maximum Gasteiger partial charge on any atom is 0.141 e. The summed E-state index contributed by atoms with van der Waals surface area (Å²) in [5.41, 5.74) is 16.3. The molecule has 4 aromatic heterocycles. The van der Waals surface area contributed by atoms with Gasteiger partial charge in [0.1, 0.15) is 5.82 Å². The van der Waals surface area contributed by atoms with Gasteiger partial charge in [-0.2, -0.15) is 0 Å². The molecular formula is C26H23FN6. The van der Waals surface area contributed by atoms with Gasteiger partial charge in [-0.3, -0.25) is 9.97 Å². The molecule has 6 nitrogen and oxygen atoms in total. The predicted molar refractivity (Wildman–Crippen MR) is 132 cm³/mol. The van der Waals surface area contributed by atoms with Crippen LogP contribution >= 0.6 is 0 Å². The van der Waals surface area contributed by atoms with Gasteiger partial charge in [-0.15, -0.1) is 0 Å². The zero-order chi connectivity index (χ0) is 23.0. The number of nitrogen functional groups attached to an aromatic ring is 2. The summed E-state index contributed by atoms with van der Waals surface area (Å²) in [5.74, 6) is -0.289. The highest BCUT2D eigenvalue weighted by atomic mass is 19.1. The number of rotatable bonds is 1. The summed E-state index contributed by atoms with van der Waals surface area (Å²) in [6, 6.07) is 22.7. The van der Waals surface area contributed by atoms with Gasteiger partial charge in [0.05, 0.1) is 23.6 Å². The van der Waals surface area contributed by atoms with Gasteiger partial charge in [0.15, 0.2) is 0 Å². The highest BCUT2D eigenvalue weighted by molar-refractivity contribution is 5.85. The summed E-state index contributed by atoms with van der Waals surface area (Å²) in [4.78, 5) is 10.7. The Morgan fingerprint density at radius 3 is 2.15 bits per heavy atom. The molecule has 0 saturated heterocycles. The predicted octanol–water partition coefficient (Wildman–Crippen LogP) is 5.58. The second-order valence-corrected chi connectivity index (χ2v) is 7.21. The minimum Gasteiger partial charge on any atom is -0.399 e. The number of nitrogens with one attached hydrogen (secondary N) is 1. The molecule has 0 radical (unpaired) electrons. The number of hydrogen-bond acceptors (Lipinski definition) is 4. The first kappa shape index (κ1) is 21.6. The van der Waals surface area contributed by atoms with Crippen LogP contribution in [-0.4, -0.2) is 19.5 Å². The summed E-state index contributed by atoms with van der Waals surface area (Å²) in [7, 11) is 0. The Morgan fingerprint density at radius 2 is 1.48 bits per heavy atom. The number of aromatic amines is 1. The molecule has 0 fully saturated rings. The van der Waals surface area contributed by atoms with Crippen LogP contribution in [0.1, 0.15) is 0 Å². The Kier molecular flexibility index (Phi) is 6.61. The van der Waals surface area contributed by atoms with E-state index in [1.54, 1.807) is 12.3 Å². The fourth-order valence-corrected chi connectivity index (χ4v) is 3.30. The molecule has 0 amide bonds. The maximum absolute atomic E-state index is 11.8. The van der Waals surface area contributed by atoms with Gasteiger partial charge in [-0.05, 0) is 72.8 Å². The van der Waals surface area contributed by atoms with E-state index in [1.807, 2.05) is 73.2 Å². The molecule has 6 rings (SSSR count). The van der Waals surface area contributed by atoms with Gasteiger partial charge in [-0.25, -0.2) is 4.39 Å². The molecule has 0 saturated carbocycles. The van der Waals surface area contributed by atoms with Gasteiger partial charge in [0, 0.05) is 52.5 Å². The van der Waals surface area contributed by atoms with Crippen LogP contribution in [0.25, 0.3) is 27.5 Å². The van der Waals surface area contributed by atoms with E-state index in [4.69, 9.17) is 11.5 Å². The standard InChI is InChI=1S/C13H11N3.C8H8N2.C5H4FN/c14-11-3-4-13-10(8-11)5-7-16(13)12-2-1-6-15-9-12;9-7-1-2-8-6(5-7)3-4-10-8;6-5-2-1-3-7-4-5/h1-9H,14H2;1-5,10H,9H2;1-4H. The van der Waals surface area contributed by atoms with Crippen molar-refractivity contribution in [1.29, 1.82) is 0 Å². The Bertz CT molecular complexity index is 1440. The number of benzene rings is 2. The Balaban J connectivity index is 0.000000130. The molecule has 2 aromatic carbocycles. The van der Waals surface area contributed by atoms with Crippen molar-refractivity contribution in [3.8, 4) is 5.69 Å². The van der Waals surface area contributed by atoms with Crippen LogP contribution < -0.4 is 11.5 Å². The molecular weight excluding hydrogens is 415 g/mol. The van der Waals surface area contributed by atoms with Crippen LogP contribution in [0, 0.1) is 5.82 Å². The topological polar surface area (TPSA) is 98.5 Å². The third-order valence-corrected chi connectivity index (χ3v) is 4.84. The van der Waals surface area contributed by atoms with Crippen molar-refractivity contribution in [2.24, 2.45) is 0 Å². The largest absolute Gasteiger partial charge is 0.399 e. The lowest BCUT2D eigenvalue weighted by atomic mass is 10.2. The fourth-order valence-electron chi connectivity index (χ4n) is 3.30. The highest BCUT2D eigenvalue weighted by Gasteiger charge is 2.02. The minimum atomic E-state index is -0.289. The van der Waals surface area contributed by atoms with Crippen LogP contribution in [0.5, 0.6) is 0 Å². The zero-order valence-electron chi connectivity index (χ0n) is 17.8. The molecule has 5 N–H and O–H groups in total. The molecule has 0 spiro atoms. The van der Waals surface area contributed by atoms with E-state index in [0.717, 1.165) is 33.5 Å². The van der Waals surface area contributed by atoms with E-state index < -0.39 is 0 Å². The van der Waals surface area contributed by atoms with Crippen LogP contribution in [0.2, 0.25) is 0 Å². The van der Waals surface area contributed by atoms with Gasteiger partial charge in [0.25, 0.3) is 0 Å². The molecule has 4 heterocycles. The van der Waals surface area contributed by atoms with Crippen molar-refractivity contribution in [3.63, 3.8) is 0 Å².